The number of benzene rings is 1. The molecule has 2 heterocycles. The number of carbonyl (C=O) groups is 1. The molecule has 1 saturated heterocycles. The highest BCUT2D eigenvalue weighted by molar-refractivity contribution is 6.06. The summed E-state index contributed by atoms with van der Waals surface area (Å²) in [6.45, 7) is 3.82. The number of aromatic nitrogens is 1. The molecule has 1 unspecified atom stereocenters. The monoisotopic (exact) mass is 323 g/mol. The fraction of sp³-hybridized carbons (Fsp3) is 0.500. The minimum atomic E-state index is 0.169. The summed E-state index contributed by atoms with van der Waals surface area (Å²) in [7, 11) is 4.35. The van der Waals surface area contributed by atoms with E-state index < -0.39 is 0 Å². The van der Waals surface area contributed by atoms with E-state index in [1.165, 1.54) is 12.8 Å². The highest BCUT2D eigenvalue weighted by Gasteiger charge is 2.44. The molecule has 2 bridgehead atoms. The van der Waals surface area contributed by atoms with Crippen LogP contribution >= 0.6 is 0 Å². The molecule has 4 heteroatoms. The van der Waals surface area contributed by atoms with Crippen molar-refractivity contribution in [1.82, 2.24) is 14.8 Å². The van der Waals surface area contributed by atoms with Crippen molar-refractivity contribution in [1.29, 1.82) is 0 Å². The smallest absolute Gasteiger partial charge is 0.254 e. The van der Waals surface area contributed by atoms with Crippen LogP contribution in [-0.2, 0) is 0 Å². The molecule has 1 aliphatic heterocycles. The molecule has 1 aromatic heterocycles. The van der Waals surface area contributed by atoms with Gasteiger partial charge in [0.25, 0.3) is 5.91 Å². The predicted molar refractivity (Wildman–Crippen MR) is 96.1 cm³/mol. The Hall–Kier alpha value is -1.94. The lowest BCUT2D eigenvalue weighted by atomic mass is 9.90. The number of carbonyl (C=O) groups excluding carboxylic acids is 1. The van der Waals surface area contributed by atoms with Crippen molar-refractivity contribution in [3.05, 3.63) is 41.6 Å². The van der Waals surface area contributed by atoms with Crippen LogP contribution in [0.25, 0.3) is 10.9 Å². The van der Waals surface area contributed by atoms with Crippen LogP contribution in [0.2, 0.25) is 0 Å². The Kier molecular flexibility index (Phi) is 3.80. The number of hydrogen-bond acceptors (Lipinski definition) is 3. The minimum absolute atomic E-state index is 0.169. The lowest BCUT2D eigenvalue weighted by molar-refractivity contribution is 0.0489. The van der Waals surface area contributed by atoms with Crippen LogP contribution in [0.4, 0.5) is 0 Å². The van der Waals surface area contributed by atoms with Crippen LogP contribution < -0.4 is 0 Å². The third-order valence-corrected chi connectivity index (χ3v) is 5.79. The van der Waals surface area contributed by atoms with Crippen molar-refractivity contribution in [3.63, 3.8) is 0 Å². The Bertz CT molecular complexity index is 772. The first kappa shape index (κ1) is 15.6. The maximum atomic E-state index is 13.2. The van der Waals surface area contributed by atoms with Gasteiger partial charge in [0.05, 0.1) is 11.1 Å². The second kappa shape index (κ2) is 5.85. The van der Waals surface area contributed by atoms with Crippen LogP contribution in [0.3, 0.4) is 0 Å². The highest BCUT2D eigenvalue weighted by Crippen LogP contribution is 2.39. The molecular weight excluding hydrogens is 298 g/mol. The number of piperidine rings is 1. The van der Waals surface area contributed by atoms with E-state index >= 15 is 0 Å². The average molecular weight is 323 g/mol. The van der Waals surface area contributed by atoms with E-state index in [9.17, 15) is 4.79 Å². The fourth-order valence-electron chi connectivity index (χ4n) is 4.82. The quantitative estimate of drug-likeness (QED) is 0.852. The Morgan fingerprint density at radius 1 is 1.17 bits per heavy atom. The van der Waals surface area contributed by atoms with Crippen molar-refractivity contribution in [3.8, 4) is 0 Å². The van der Waals surface area contributed by atoms with Gasteiger partial charge in [-0.25, -0.2) is 0 Å². The predicted octanol–water partition coefficient (Wildman–Crippen LogP) is 2.96. The standard InChI is InChI=1S/C20H25N3O/c1-13-4-7-18-17(10-13)16(8-9-21-18)20(24)23-11-14-5-6-15(12-23)19(14)22(2)3/h4,7-10,14-15,19H,5-6,11-12H2,1-3H3/t14-,15+,19?. The summed E-state index contributed by atoms with van der Waals surface area (Å²) in [6.07, 6.45) is 4.24. The number of pyridine rings is 1. The molecule has 1 aliphatic carbocycles. The van der Waals surface area contributed by atoms with Crippen molar-refractivity contribution < 1.29 is 4.79 Å². The van der Waals surface area contributed by atoms with Crippen molar-refractivity contribution >= 4 is 16.8 Å². The van der Waals surface area contributed by atoms with Crippen molar-refractivity contribution in [2.75, 3.05) is 27.2 Å². The van der Waals surface area contributed by atoms with E-state index in [1.807, 2.05) is 18.2 Å². The summed E-state index contributed by atoms with van der Waals surface area (Å²) in [5, 5.41) is 0.976. The third-order valence-electron chi connectivity index (χ3n) is 5.79. The van der Waals surface area contributed by atoms with Gasteiger partial charge in [-0.05, 0) is 63.9 Å². The van der Waals surface area contributed by atoms with Gasteiger partial charge in [-0.3, -0.25) is 9.78 Å². The van der Waals surface area contributed by atoms with E-state index in [2.05, 4.69) is 41.9 Å². The lowest BCUT2D eigenvalue weighted by Crippen LogP contribution is -2.52. The molecule has 0 radical (unpaired) electrons. The number of nitrogens with zero attached hydrogens (tertiary/aromatic N) is 3. The molecule has 1 amide bonds. The van der Waals surface area contributed by atoms with E-state index in [0.29, 0.717) is 17.9 Å². The molecule has 24 heavy (non-hydrogen) atoms. The Labute approximate surface area is 143 Å². The molecule has 2 fully saturated rings. The number of hydrogen-bond donors (Lipinski definition) is 0. The summed E-state index contributed by atoms with van der Waals surface area (Å²) in [4.78, 5) is 22.1. The van der Waals surface area contributed by atoms with Gasteiger partial charge < -0.3 is 9.80 Å². The van der Waals surface area contributed by atoms with E-state index in [4.69, 9.17) is 0 Å². The Balaban J connectivity index is 1.65. The first-order chi connectivity index (χ1) is 11.5. The second-order valence-electron chi connectivity index (χ2n) is 7.64. The SMILES string of the molecule is Cc1ccc2nccc(C(=O)N3C[C@H]4CC[C@@H](C3)C4N(C)C)c2c1. The number of fused-ring (bicyclic) bond motifs is 3. The van der Waals surface area contributed by atoms with Gasteiger partial charge in [0.15, 0.2) is 0 Å². The maximum Gasteiger partial charge on any atom is 0.254 e. The second-order valence-corrected chi connectivity index (χ2v) is 7.64. The first-order valence-corrected chi connectivity index (χ1v) is 8.85. The topological polar surface area (TPSA) is 36.4 Å². The van der Waals surface area contributed by atoms with Gasteiger partial charge in [0, 0.05) is 30.7 Å². The molecule has 4 nitrogen and oxygen atoms in total. The normalized spacial score (nSPS) is 26.3. The lowest BCUT2D eigenvalue weighted by Gasteiger charge is -2.41. The van der Waals surface area contributed by atoms with Crippen LogP contribution in [0.15, 0.2) is 30.5 Å². The number of likely N-dealkylation sites (tertiary alicyclic amines) is 1. The molecule has 2 aliphatic rings. The zero-order chi connectivity index (χ0) is 16.8. The third kappa shape index (κ3) is 2.49. The van der Waals surface area contributed by atoms with Gasteiger partial charge in [0.2, 0.25) is 0 Å². The fourth-order valence-corrected chi connectivity index (χ4v) is 4.82. The molecule has 4 rings (SSSR count). The Morgan fingerprint density at radius 3 is 2.54 bits per heavy atom. The molecule has 0 spiro atoms. The van der Waals surface area contributed by atoms with Crippen LogP contribution in [0, 0.1) is 18.8 Å². The van der Waals surface area contributed by atoms with Gasteiger partial charge in [-0.2, -0.15) is 0 Å². The van der Waals surface area contributed by atoms with Crippen LogP contribution in [0.1, 0.15) is 28.8 Å². The zero-order valence-electron chi connectivity index (χ0n) is 14.7. The average Bonchev–Trinajstić information content (AvgIpc) is 2.84. The van der Waals surface area contributed by atoms with Crippen LogP contribution in [-0.4, -0.2) is 53.9 Å². The summed E-state index contributed by atoms with van der Waals surface area (Å²) in [6, 6.07) is 8.64. The minimum Gasteiger partial charge on any atom is -0.338 e. The number of aryl methyl sites for hydroxylation is 1. The van der Waals surface area contributed by atoms with E-state index in [-0.39, 0.29) is 5.91 Å². The van der Waals surface area contributed by atoms with Gasteiger partial charge in [-0.1, -0.05) is 11.6 Å². The number of amides is 1. The van der Waals surface area contributed by atoms with Crippen LogP contribution in [0.5, 0.6) is 0 Å². The molecular formula is C20H25N3O. The van der Waals surface area contributed by atoms with E-state index in [0.717, 1.165) is 35.1 Å². The summed E-state index contributed by atoms with van der Waals surface area (Å²) in [5.41, 5.74) is 2.86. The van der Waals surface area contributed by atoms with E-state index in [1.54, 1.807) is 6.20 Å². The summed E-state index contributed by atoms with van der Waals surface area (Å²) >= 11 is 0. The molecule has 1 aromatic carbocycles. The summed E-state index contributed by atoms with van der Waals surface area (Å²) < 4.78 is 0. The number of rotatable bonds is 2. The molecule has 3 atom stereocenters. The largest absolute Gasteiger partial charge is 0.338 e. The van der Waals surface area contributed by atoms with Gasteiger partial charge in [-0.15, -0.1) is 0 Å². The maximum absolute atomic E-state index is 13.2. The molecule has 126 valence electrons. The van der Waals surface area contributed by atoms with Gasteiger partial charge >= 0.3 is 0 Å². The molecule has 1 saturated carbocycles. The highest BCUT2D eigenvalue weighted by atomic mass is 16.2. The van der Waals surface area contributed by atoms with Gasteiger partial charge in [0.1, 0.15) is 0 Å². The first-order valence-electron chi connectivity index (χ1n) is 8.85. The molecule has 0 N–H and O–H groups in total. The van der Waals surface area contributed by atoms with Crippen molar-refractivity contribution in [2.24, 2.45) is 11.8 Å². The Morgan fingerprint density at radius 2 is 1.88 bits per heavy atom. The summed E-state index contributed by atoms with van der Waals surface area (Å²) in [5.74, 6) is 1.39. The zero-order valence-corrected chi connectivity index (χ0v) is 14.7. The molecule has 2 aromatic rings. The van der Waals surface area contributed by atoms with Crippen molar-refractivity contribution in [2.45, 2.75) is 25.8 Å².